The topological polar surface area (TPSA) is 87.7 Å². The maximum Gasteiger partial charge on any atom is 0.374 e. The lowest BCUT2D eigenvalue weighted by Gasteiger charge is -2.27. The van der Waals surface area contributed by atoms with E-state index in [1.165, 1.54) is 0 Å². The van der Waals surface area contributed by atoms with E-state index in [1.54, 1.807) is 6.08 Å². The van der Waals surface area contributed by atoms with Gasteiger partial charge in [-0.1, -0.05) is 44.1 Å². The summed E-state index contributed by atoms with van der Waals surface area (Å²) in [5, 5.41) is 14.5. The molecule has 6 nitrogen and oxygen atoms in total. The number of carbonyl (C=O) groups excluding carboxylic acids is 1. The summed E-state index contributed by atoms with van der Waals surface area (Å²) in [6.45, 7) is 3.42. The van der Waals surface area contributed by atoms with Crippen LogP contribution >= 0.6 is 12.2 Å². The number of carboxylic acids is 1. The third kappa shape index (κ3) is 8.11. The molecule has 0 aromatic heterocycles. The number of amides is 1. The molecule has 2 heterocycles. The van der Waals surface area contributed by atoms with Crippen LogP contribution in [0.5, 0.6) is 0 Å². The van der Waals surface area contributed by atoms with Gasteiger partial charge < -0.3 is 20.5 Å². The Bertz CT molecular complexity index is 659. The number of halogens is 2. The zero-order valence-electron chi connectivity index (χ0n) is 18.1. The van der Waals surface area contributed by atoms with Crippen LogP contribution in [0.1, 0.15) is 64.7 Å². The Balaban J connectivity index is 1.73. The molecule has 1 amide bonds. The van der Waals surface area contributed by atoms with Gasteiger partial charge in [0.15, 0.2) is 0 Å². The van der Waals surface area contributed by atoms with Gasteiger partial charge in [-0.2, -0.15) is 8.78 Å². The third-order valence-corrected chi connectivity index (χ3v) is 6.35. The highest BCUT2D eigenvalue weighted by Crippen LogP contribution is 2.44. The van der Waals surface area contributed by atoms with Gasteiger partial charge in [0.1, 0.15) is 0 Å². The number of nitrogens with one attached hydrogen (secondary N) is 2. The first-order valence-corrected chi connectivity index (χ1v) is 11.6. The molecule has 2 bridgehead atoms. The molecule has 0 aliphatic carbocycles. The summed E-state index contributed by atoms with van der Waals surface area (Å²) in [5.41, 5.74) is 0. The van der Waals surface area contributed by atoms with Crippen molar-refractivity contribution in [3.05, 3.63) is 12.2 Å². The molecular weight excluding hydrogens is 426 g/mol. The first-order chi connectivity index (χ1) is 14.7. The summed E-state index contributed by atoms with van der Waals surface area (Å²) in [6.07, 6.45) is 9.03. The zero-order chi connectivity index (χ0) is 22.9. The number of allylic oxidation sites excluding steroid dienone is 2. The van der Waals surface area contributed by atoms with Crippen LogP contribution < -0.4 is 10.6 Å². The normalized spacial score (nSPS) is 25.1. The van der Waals surface area contributed by atoms with Crippen molar-refractivity contribution in [2.45, 2.75) is 82.8 Å². The standard InChI is InChI=1S/C22H34F2N2O4S/c1-2-3-7-12-25-20(31)13-19(27)26-14-16-15(17-9-10-18(16)30-17)8-5-4-6-11-22(23,24)21(28)29/h4-5,15-18H,2-3,6-14H2,1H3,(H,25,31)(H,26,27)(H,28,29)/b5-4-/t15-,16+,17-,18+/m1/s1. The predicted octanol–water partition coefficient (Wildman–Crippen LogP) is 3.84. The molecule has 9 heteroatoms. The summed E-state index contributed by atoms with van der Waals surface area (Å²) in [5.74, 6) is -5.50. The predicted molar refractivity (Wildman–Crippen MR) is 118 cm³/mol. The van der Waals surface area contributed by atoms with Gasteiger partial charge in [-0.05, 0) is 38.0 Å². The van der Waals surface area contributed by atoms with E-state index >= 15 is 0 Å². The molecule has 0 aromatic rings. The smallest absolute Gasteiger partial charge is 0.374 e. The van der Waals surface area contributed by atoms with Crippen molar-refractivity contribution in [3.8, 4) is 0 Å². The number of aliphatic carboxylic acids is 1. The molecule has 2 aliphatic heterocycles. The number of hydrogen-bond acceptors (Lipinski definition) is 4. The minimum absolute atomic E-state index is 0.00504. The van der Waals surface area contributed by atoms with Crippen molar-refractivity contribution < 1.29 is 28.2 Å². The van der Waals surface area contributed by atoms with Crippen LogP contribution in [0.4, 0.5) is 8.78 Å². The van der Waals surface area contributed by atoms with Gasteiger partial charge >= 0.3 is 11.9 Å². The highest BCUT2D eigenvalue weighted by atomic mass is 32.1. The summed E-state index contributed by atoms with van der Waals surface area (Å²) in [4.78, 5) is 23.3. The molecular formula is C22H34F2N2O4S. The van der Waals surface area contributed by atoms with Gasteiger partial charge in [-0.3, -0.25) is 4.79 Å². The lowest BCUT2D eigenvalue weighted by atomic mass is 9.77. The largest absolute Gasteiger partial charge is 0.477 e. The molecule has 0 unspecified atom stereocenters. The maximum atomic E-state index is 13.1. The molecule has 0 spiro atoms. The third-order valence-electron chi connectivity index (χ3n) is 6.06. The molecule has 4 atom stereocenters. The van der Waals surface area contributed by atoms with Crippen molar-refractivity contribution in [2.24, 2.45) is 11.8 Å². The Morgan fingerprint density at radius 2 is 1.87 bits per heavy atom. The van der Waals surface area contributed by atoms with E-state index < -0.39 is 18.3 Å². The zero-order valence-corrected chi connectivity index (χ0v) is 18.9. The molecule has 2 aliphatic rings. The second-order valence-electron chi connectivity index (χ2n) is 8.41. The van der Waals surface area contributed by atoms with E-state index in [0.29, 0.717) is 18.0 Å². The molecule has 2 fully saturated rings. The van der Waals surface area contributed by atoms with E-state index in [0.717, 1.165) is 38.6 Å². The van der Waals surface area contributed by atoms with Crippen molar-refractivity contribution in [1.29, 1.82) is 0 Å². The van der Waals surface area contributed by atoms with Gasteiger partial charge in [-0.15, -0.1) is 0 Å². The van der Waals surface area contributed by atoms with Crippen molar-refractivity contribution in [2.75, 3.05) is 13.1 Å². The number of rotatable bonds is 14. The maximum absolute atomic E-state index is 13.1. The first-order valence-electron chi connectivity index (χ1n) is 11.2. The van der Waals surface area contributed by atoms with Crippen LogP contribution in [0.2, 0.25) is 0 Å². The molecule has 2 saturated heterocycles. The number of unbranched alkanes of at least 4 members (excludes halogenated alkanes) is 2. The van der Waals surface area contributed by atoms with Crippen molar-refractivity contribution in [1.82, 2.24) is 10.6 Å². The van der Waals surface area contributed by atoms with Crippen LogP contribution in [-0.2, 0) is 14.3 Å². The summed E-state index contributed by atoms with van der Waals surface area (Å²) < 4.78 is 32.3. The van der Waals surface area contributed by atoms with Crippen LogP contribution in [-0.4, -0.2) is 53.2 Å². The first kappa shape index (κ1) is 25.6. The van der Waals surface area contributed by atoms with Crippen LogP contribution in [0, 0.1) is 11.8 Å². The van der Waals surface area contributed by atoms with E-state index in [2.05, 4.69) is 17.6 Å². The number of fused-ring (bicyclic) bond motifs is 2. The van der Waals surface area contributed by atoms with Crippen LogP contribution in [0.15, 0.2) is 12.2 Å². The highest BCUT2D eigenvalue weighted by molar-refractivity contribution is 7.80. The molecule has 0 aromatic carbocycles. The summed E-state index contributed by atoms with van der Waals surface area (Å²) >= 11 is 5.23. The van der Waals surface area contributed by atoms with Gasteiger partial charge in [0.05, 0.1) is 23.6 Å². The van der Waals surface area contributed by atoms with Gasteiger partial charge in [0.25, 0.3) is 0 Å². The van der Waals surface area contributed by atoms with Gasteiger partial charge in [0.2, 0.25) is 5.91 Å². The number of hydrogen-bond donors (Lipinski definition) is 3. The Kier molecular flexibility index (Phi) is 10.3. The number of alkyl halides is 2. The van der Waals surface area contributed by atoms with Gasteiger partial charge in [0, 0.05) is 25.4 Å². The van der Waals surface area contributed by atoms with Crippen LogP contribution in [0.25, 0.3) is 0 Å². The van der Waals surface area contributed by atoms with Crippen molar-refractivity contribution in [3.63, 3.8) is 0 Å². The van der Waals surface area contributed by atoms with E-state index in [9.17, 15) is 18.4 Å². The SMILES string of the molecule is CCCCCNC(=S)CC(=O)NC[C@H]1[C@@H](C/C=C\CCC(F)(F)C(=O)O)[C@H]2CC[C@@H]1O2. The molecule has 0 radical (unpaired) electrons. The average molecular weight is 461 g/mol. The fourth-order valence-corrected chi connectivity index (χ4v) is 4.56. The quantitative estimate of drug-likeness (QED) is 0.207. The Hall–Kier alpha value is -1.61. The molecule has 3 N–H and O–H groups in total. The lowest BCUT2D eigenvalue weighted by Crippen LogP contribution is -2.39. The number of thiocarbonyl (C=S) groups is 1. The highest BCUT2D eigenvalue weighted by Gasteiger charge is 2.48. The minimum atomic E-state index is -3.70. The molecule has 2 rings (SSSR count). The minimum Gasteiger partial charge on any atom is -0.477 e. The van der Waals surface area contributed by atoms with E-state index in [4.69, 9.17) is 22.1 Å². The molecule has 176 valence electrons. The average Bonchev–Trinajstić information content (AvgIpc) is 3.31. The number of carbonyl (C=O) groups is 2. The summed E-state index contributed by atoms with van der Waals surface area (Å²) in [7, 11) is 0. The Morgan fingerprint density at radius 1 is 1.16 bits per heavy atom. The second kappa shape index (κ2) is 12.4. The van der Waals surface area contributed by atoms with Crippen molar-refractivity contribution >= 4 is 29.1 Å². The molecule has 0 saturated carbocycles. The number of carboxylic acid groups (broad SMARTS) is 1. The van der Waals surface area contributed by atoms with E-state index in [1.807, 2.05) is 6.08 Å². The summed E-state index contributed by atoms with van der Waals surface area (Å²) in [6, 6.07) is 0. The second-order valence-corrected chi connectivity index (χ2v) is 8.90. The number of ether oxygens (including phenoxy) is 1. The van der Waals surface area contributed by atoms with E-state index in [-0.39, 0.29) is 42.8 Å². The fourth-order valence-electron chi connectivity index (χ4n) is 4.33. The Morgan fingerprint density at radius 3 is 2.55 bits per heavy atom. The lowest BCUT2D eigenvalue weighted by molar-refractivity contribution is -0.165. The monoisotopic (exact) mass is 460 g/mol. The Labute approximate surface area is 188 Å². The molecule has 31 heavy (non-hydrogen) atoms. The van der Waals surface area contributed by atoms with Crippen LogP contribution in [0.3, 0.4) is 0 Å². The van der Waals surface area contributed by atoms with Gasteiger partial charge in [-0.25, -0.2) is 4.79 Å². The fraction of sp³-hybridized carbons (Fsp3) is 0.773.